The average molecular weight is 492 g/mol. The zero-order valence-corrected chi connectivity index (χ0v) is 19.2. The molecule has 1 aromatic carbocycles. The average Bonchev–Trinajstić information content (AvgIpc) is 3.04. The second-order valence-electron chi connectivity index (χ2n) is 8.22. The van der Waals surface area contributed by atoms with Gasteiger partial charge in [-0.1, -0.05) is 23.7 Å². The molecular formula is C21H22ClN5O5S. The second-order valence-corrected chi connectivity index (χ2v) is 9.60. The standard InChI is InChI=1S/C21H22ClN5O5S/c1-10(28)32-9-8-23-19-25-16(22)14(18-24-12-4-2-3-5-13(12)33-18)17(26-19)27-20(30)7-6-11-15(29)21(11,20)31/h2-5,11,15,29-31H,6-9H2,1H3,(H2,23,25,26,27). The molecule has 0 amide bonds. The monoisotopic (exact) mass is 491 g/mol. The molecule has 2 aliphatic rings. The van der Waals surface area contributed by atoms with E-state index in [9.17, 15) is 20.1 Å². The number of thiazole rings is 1. The van der Waals surface area contributed by atoms with E-state index in [0.717, 1.165) is 10.2 Å². The van der Waals surface area contributed by atoms with Gasteiger partial charge in [0.15, 0.2) is 5.72 Å². The molecule has 174 valence electrons. The van der Waals surface area contributed by atoms with E-state index in [-0.39, 0.29) is 36.5 Å². The first-order chi connectivity index (χ1) is 15.7. The molecule has 0 saturated heterocycles. The number of carbonyl (C=O) groups excluding carboxylic acids is 1. The van der Waals surface area contributed by atoms with E-state index in [0.29, 0.717) is 17.0 Å². The Labute approximate surface area is 197 Å². The van der Waals surface area contributed by atoms with E-state index >= 15 is 0 Å². The summed E-state index contributed by atoms with van der Waals surface area (Å²) in [6.45, 7) is 1.66. The minimum absolute atomic E-state index is 0.0861. The largest absolute Gasteiger partial charge is 0.464 e. The van der Waals surface area contributed by atoms with Gasteiger partial charge in [-0.2, -0.15) is 4.98 Å². The summed E-state index contributed by atoms with van der Waals surface area (Å²) in [4.78, 5) is 24.4. The van der Waals surface area contributed by atoms with E-state index in [1.54, 1.807) is 0 Å². The SMILES string of the molecule is CC(=O)OCCNc1nc(Cl)c(-c2nc3ccccc3s2)c(NC2(O)CCC3C(O)C32O)n1. The maximum atomic E-state index is 11.2. The number of nitrogens with zero attached hydrogens (tertiary/aromatic N) is 3. The van der Waals surface area contributed by atoms with Crippen molar-refractivity contribution >= 4 is 50.9 Å². The Morgan fingerprint density at radius 3 is 2.79 bits per heavy atom. The Bertz CT molecular complexity index is 1210. The molecule has 2 aromatic heterocycles. The van der Waals surface area contributed by atoms with E-state index in [4.69, 9.17) is 16.3 Å². The number of aliphatic hydroxyl groups excluding tert-OH is 1. The number of aromatic nitrogens is 3. The van der Waals surface area contributed by atoms with Crippen molar-refractivity contribution in [3.8, 4) is 10.6 Å². The van der Waals surface area contributed by atoms with Gasteiger partial charge in [0.1, 0.15) is 28.2 Å². The number of hydrogen-bond acceptors (Lipinski definition) is 11. The van der Waals surface area contributed by atoms with Crippen LogP contribution in [0.3, 0.4) is 0 Å². The maximum absolute atomic E-state index is 11.2. The normalized spacial score (nSPS) is 27.9. The number of carbonyl (C=O) groups is 1. The summed E-state index contributed by atoms with van der Waals surface area (Å²) in [6, 6.07) is 7.59. The topological polar surface area (TPSA) is 150 Å². The summed E-state index contributed by atoms with van der Waals surface area (Å²) in [6.07, 6.45) is -0.334. The lowest BCUT2D eigenvalue weighted by atomic mass is 10.0. The molecule has 2 fully saturated rings. The molecule has 33 heavy (non-hydrogen) atoms. The van der Waals surface area contributed by atoms with Crippen LogP contribution in [0.4, 0.5) is 11.8 Å². The zero-order valence-electron chi connectivity index (χ0n) is 17.6. The molecule has 0 aliphatic heterocycles. The third kappa shape index (κ3) is 3.69. The minimum Gasteiger partial charge on any atom is -0.464 e. The van der Waals surface area contributed by atoms with Crippen LogP contribution in [0, 0.1) is 5.92 Å². The third-order valence-corrected chi connectivity index (χ3v) is 7.48. The zero-order chi connectivity index (χ0) is 23.4. The van der Waals surface area contributed by atoms with Crippen LogP contribution in [-0.4, -0.2) is 66.8 Å². The van der Waals surface area contributed by atoms with Gasteiger partial charge in [0.05, 0.1) is 28.4 Å². The second kappa shape index (κ2) is 8.03. The number of ether oxygens (including phenoxy) is 1. The Balaban J connectivity index is 1.52. The van der Waals surface area contributed by atoms with Crippen LogP contribution in [0.5, 0.6) is 0 Å². The quantitative estimate of drug-likeness (QED) is 0.144. The van der Waals surface area contributed by atoms with Gasteiger partial charge in [-0.15, -0.1) is 11.3 Å². The first-order valence-electron chi connectivity index (χ1n) is 10.4. The molecule has 5 N–H and O–H groups in total. The molecule has 3 aromatic rings. The first kappa shape index (κ1) is 22.2. The number of fused-ring (bicyclic) bond motifs is 2. The summed E-state index contributed by atoms with van der Waals surface area (Å²) >= 11 is 7.95. The van der Waals surface area contributed by atoms with E-state index < -0.39 is 29.3 Å². The van der Waals surface area contributed by atoms with Gasteiger partial charge in [0.25, 0.3) is 0 Å². The van der Waals surface area contributed by atoms with Gasteiger partial charge >= 0.3 is 5.97 Å². The van der Waals surface area contributed by atoms with Crippen LogP contribution in [0.1, 0.15) is 19.8 Å². The molecule has 2 heterocycles. The highest BCUT2D eigenvalue weighted by molar-refractivity contribution is 7.21. The third-order valence-electron chi connectivity index (χ3n) is 6.16. The smallest absolute Gasteiger partial charge is 0.302 e. The van der Waals surface area contributed by atoms with Crippen LogP contribution in [-0.2, 0) is 9.53 Å². The molecule has 2 saturated carbocycles. The molecule has 10 nitrogen and oxygen atoms in total. The number of nitrogens with one attached hydrogen (secondary N) is 2. The van der Waals surface area contributed by atoms with Crippen molar-refractivity contribution in [2.24, 2.45) is 5.92 Å². The van der Waals surface area contributed by atoms with Crippen LogP contribution in [0.2, 0.25) is 5.15 Å². The number of hydrogen-bond donors (Lipinski definition) is 5. The fourth-order valence-corrected chi connectivity index (χ4v) is 5.73. The number of esters is 1. The lowest BCUT2D eigenvalue weighted by molar-refractivity contribution is -0.140. The molecule has 0 radical (unpaired) electrons. The first-order valence-corrected chi connectivity index (χ1v) is 11.6. The summed E-state index contributed by atoms with van der Waals surface area (Å²) in [5.74, 6) is -0.501. The van der Waals surface area contributed by atoms with Crippen molar-refractivity contribution in [2.45, 2.75) is 37.2 Å². The molecule has 0 spiro atoms. The number of benzene rings is 1. The number of para-hydroxylation sites is 1. The minimum atomic E-state index is -1.80. The molecule has 12 heteroatoms. The van der Waals surface area contributed by atoms with Crippen molar-refractivity contribution in [1.82, 2.24) is 15.0 Å². The highest BCUT2D eigenvalue weighted by Crippen LogP contribution is 2.61. The van der Waals surface area contributed by atoms with Crippen molar-refractivity contribution in [1.29, 1.82) is 0 Å². The highest BCUT2D eigenvalue weighted by atomic mass is 35.5. The number of anilines is 2. The molecular weight excluding hydrogens is 470 g/mol. The molecule has 4 unspecified atom stereocenters. The van der Waals surface area contributed by atoms with Crippen molar-refractivity contribution in [3.05, 3.63) is 29.4 Å². The highest BCUT2D eigenvalue weighted by Gasteiger charge is 2.78. The summed E-state index contributed by atoms with van der Waals surface area (Å²) in [5, 5.41) is 38.7. The van der Waals surface area contributed by atoms with Crippen molar-refractivity contribution in [2.75, 3.05) is 23.8 Å². The van der Waals surface area contributed by atoms with Crippen molar-refractivity contribution in [3.63, 3.8) is 0 Å². The Morgan fingerprint density at radius 2 is 2.09 bits per heavy atom. The van der Waals surface area contributed by atoms with Gasteiger partial charge in [-0.25, -0.2) is 9.97 Å². The number of halogens is 1. The van der Waals surface area contributed by atoms with Gasteiger partial charge in [-0.05, 0) is 25.0 Å². The fraction of sp³-hybridized carbons (Fsp3) is 0.429. The van der Waals surface area contributed by atoms with Crippen molar-refractivity contribution < 1.29 is 24.9 Å². The molecule has 2 aliphatic carbocycles. The molecule has 4 atom stereocenters. The van der Waals surface area contributed by atoms with E-state index in [1.165, 1.54) is 18.3 Å². The predicted molar refractivity (Wildman–Crippen MR) is 123 cm³/mol. The Kier molecular flexibility index (Phi) is 5.41. The maximum Gasteiger partial charge on any atom is 0.302 e. The van der Waals surface area contributed by atoms with Crippen LogP contribution >= 0.6 is 22.9 Å². The van der Waals surface area contributed by atoms with Gasteiger partial charge in [0, 0.05) is 12.8 Å². The summed E-state index contributed by atoms with van der Waals surface area (Å²) in [7, 11) is 0. The van der Waals surface area contributed by atoms with E-state index in [2.05, 4.69) is 25.6 Å². The lowest BCUT2D eigenvalue weighted by Gasteiger charge is -2.32. The van der Waals surface area contributed by atoms with Gasteiger partial charge in [0.2, 0.25) is 5.95 Å². The molecule has 5 rings (SSSR count). The Hall–Kier alpha value is -2.57. The number of rotatable bonds is 7. The van der Waals surface area contributed by atoms with Gasteiger partial charge in [-0.3, -0.25) is 4.79 Å². The summed E-state index contributed by atoms with van der Waals surface area (Å²) in [5.41, 5.74) is -2.31. The van der Waals surface area contributed by atoms with Crippen LogP contribution in [0.25, 0.3) is 20.8 Å². The van der Waals surface area contributed by atoms with E-state index in [1.807, 2.05) is 24.3 Å². The Morgan fingerprint density at radius 1 is 1.30 bits per heavy atom. The predicted octanol–water partition coefficient (Wildman–Crippen LogP) is 2.00. The molecule has 0 bridgehead atoms. The summed E-state index contributed by atoms with van der Waals surface area (Å²) < 4.78 is 5.84. The lowest BCUT2D eigenvalue weighted by Crippen LogP contribution is -2.51. The van der Waals surface area contributed by atoms with Gasteiger partial charge < -0.3 is 30.7 Å². The van der Waals surface area contributed by atoms with Crippen LogP contribution < -0.4 is 10.6 Å². The fourth-order valence-electron chi connectivity index (χ4n) is 4.41. The number of aliphatic hydroxyl groups is 3. The van der Waals surface area contributed by atoms with Crippen LogP contribution in [0.15, 0.2) is 24.3 Å².